The zero-order valence-electron chi connectivity index (χ0n) is 15.6. The summed E-state index contributed by atoms with van der Waals surface area (Å²) in [4.78, 5) is 5.66. The SMILES string of the molecule is CS(=O)(=O)NC[C@@H]1CC[C@@]2(COCCN(Cc3cccc4[nH]ccc34)C2)O1. The Morgan fingerprint density at radius 3 is 3.11 bits per heavy atom. The van der Waals surface area contributed by atoms with Crippen LogP contribution >= 0.6 is 0 Å². The van der Waals surface area contributed by atoms with Gasteiger partial charge in [0.15, 0.2) is 0 Å². The highest BCUT2D eigenvalue weighted by molar-refractivity contribution is 7.88. The van der Waals surface area contributed by atoms with E-state index < -0.39 is 10.0 Å². The average Bonchev–Trinajstić information content (AvgIpc) is 3.19. The fraction of sp³-hybridized carbons (Fsp3) is 0.579. The van der Waals surface area contributed by atoms with Gasteiger partial charge in [0.05, 0.1) is 25.6 Å². The number of ether oxygens (including phenoxy) is 2. The van der Waals surface area contributed by atoms with Crippen LogP contribution in [0.1, 0.15) is 18.4 Å². The minimum absolute atomic E-state index is 0.101. The maximum Gasteiger partial charge on any atom is 0.208 e. The van der Waals surface area contributed by atoms with Crippen molar-refractivity contribution in [3.63, 3.8) is 0 Å². The smallest absolute Gasteiger partial charge is 0.208 e. The molecular formula is C19H27N3O4S. The van der Waals surface area contributed by atoms with Crippen LogP contribution in [0, 0.1) is 0 Å². The Morgan fingerprint density at radius 2 is 2.26 bits per heavy atom. The third-order valence-electron chi connectivity index (χ3n) is 5.42. The number of nitrogens with zero attached hydrogens (tertiary/aromatic N) is 1. The number of hydrogen-bond donors (Lipinski definition) is 2. The number of hydrogen-bond acceptors (Lipinski definition) is 5. The number of benzene rings is 1. The second-order valence-electron chi connectivity index (χ2n) is 7.70. The first-order chi connectivity index (χ1) is 12.9. The summed E-state index contributed by atoms with van der Waals surface area (Å²) in [6.45, 7) is 4.06. The molecule has 27 heavy (non-hydrogen) atoms. The Morgan fingerprint density at radius 1 is 1.37 bits per heavy atom. The first-order valence-corrected chi connectivity index (χ1v) is 11.3. The lowest BCUT2D eigenvalue weighted by Gasteiger charge is -2.32. The number of rotatable bonds is 5. The van der Waals surface area contributed by atoms with Crippen molar-refractivity contribution < 1.29 is 17.9 Å². The summed E-state index contributed by atoms with van der Waals surface area (Å²) in [5.41, 5.74) is 2.09. The third kappa shape index (κ3) is 4.52. The van der Waals surface area contributed by atoms with Crippen LogP contribution in [0.15, 0.2) is 30.5 Å². The zero-order chi connectivity index (χ0) is 18.9. The van der Waals surface area contributed by atoms with Gasteiger partial charge in [0.25, 0.3) is 0 Å². The molecule has 1 spiro atoms. The minimum atomic E-state index is -3.20. The molecule has 2 atom stereocenters. The summed E-state index contributed by atoms with van der Waals surface area (Å²) >= 11 is 0. The van der Waals surface area contributed by atoms with E-state index in [9.17, 15) is 8.42 Å². The molecular weight excluding hydrogens is 366 g/mol. The van der Waals surface area contributed by atoms with Gasteiger partial charge in [-0.25, -0.2) is 13.1 Å². The maximum absolute atomic E-state index is 11.3. The predicted octanol–water partition coefficient (Wildman–Crippen LogP) is 1.47. The van der Waals surface area contributed by atoms with Crippen LogP contribution in [0.3, 0.4) is 0 Å². The normalized spacial score (nSPS) is 27.4. The fourth-order valence-corrected chi connectivity index (χ4v) is 4.64. The lowest BCUT2D eigenvalue weighted by Crippen LogP contribution is -2.45. The molecule has 148 valence electrons. The Bertz CT molecular complexity index is 897. The van der Waals surface area contributed by atoms with Crippen LogP contribution in [0.2, 0.25) is 0 Å². The number of H-pyrrole nitrogens is 1. The molecule has 2 fully saturated rings. The van der Waals surface area contributed by atoms with E-state index in [4.69, 9.17) is 9.47 Å². The lowest BCUT2D eigenvalue weighted by molar-refractivity contribution is -0.0843. The van der Waals surface area contributed by atoms with Crippen LogP contribution in [-0.4, -0.2) is 69.1 Å². The fourth-order valence-electron chi connectivity index (χ4n) is 4.15. The van der Waals surface area contributed by atoms with E-state index in [0.717, 1.165) is 38.0 Å². The van der Waals surface area contributed by atoms with Crippen LogP contribution in [0.25, 0.3) is 10.9 Å². The predicted molar refractivity (Wildman–Crippen MR) is 104 cm³/mol. The molecule has 3 heterocycles. The monoisotopic (exact) mass is 393 g/mol. The molecule has 2 aliphatic heterocycles. The molecule has 0 saturated carbocycles. The number of aromatic nitrogens is 1. The van der Waals surface area contributed by atoms with Gasteiger partial charge in [-0.1, -0.05) is 12.1 Å². The van der Waals surface area contributed by atoms with Crippen molar-refractivity contribution in [1.29, 1.82) is 0 Å². The Hall–Kier alpha value is -1.45. The van der Waals surface area contributed by atoms with Crippen molar-refractivity contribution in [1.82, 2.24) is 14.6 Å². The highest BCUT2D eigenvalue weighted by Crippen LogP contribution is 2.33. The lowest BCUT2D eigenvalue weighted by atomic mass is 9.99. The van der Waals surface area contributed by atoms with E-state index in [-0.39, 0.29) is 11.7 Å². The number of aromatic amines is 1. The molecule has 2 aliphatic rings. The van der Waals surface area contributed by atoms with Crippen molar-refractivity contribution >= 4 is 20.9 Å². The van der Waals surface area contributed by atoms with Crippen molar-refractivity contribution in [2.24, 2.45) is 0 Å². The van der Waals surface area contributed by atoms with E-state index in [2.05, 4.69) is 38.9 Å². The van der Waals surface area contributed by atoms with Crippen LogP contribution in [0.4, 0.5) is 0 Å². The largest absolute Gasteiger partial charge is 0.377 e. The standard InChI is InChI=1S/C19H27N3O4S/c1-27(23,24)21-11-16-5-7-19(26-16)13-22(9-10-25-14-19)12-15-3-2-4-18-17(15)6-8-20-18/h2-4,6,8,16,20-21H,5,7,9-14H2,1H3/t16-,19+/m0/s1. The van der Waals surface area contributed by atoms with Crippen molar-refractivity contribution in [2.75, 3.05) is 39.1 Å². The quantitative estimate of drug-likeness (QED) is 0.804. The van der Waals surface area contributed by atoms with Gasteiger partial charge in [-0.2, -0.15) is 0 Å². The van der Waals surface area contributed by atoms with Crippen molar-refractivity contribution in [2.45, 2.75) is 31.1 Å². The van der Waals surface area contributed by atoms with Crippen molar-refractivity contribution in [3.05, 3.63) is 36.0 Å². The summed E-state index contributed by atoms with van der Waals surface area (Å²) in [5.74, 6) is 0. The first-order valence-electron chi connectivity index (χ1n) is 9.40. The van der Waals surface area contributed by atoms with Crippen molar-refractivity contribution in [3.8, 4) is 0 Å². The highest BCUT2D eigenvalue weighted by atomic mass is 32.2. The Kier molecular flexibility index (Phi) is 5.26. The zero-order valence-corrected chi connectivity index (χ0v) is 16.4. The van der Waals surface area contributed by atoms with Gasteiger partial charge >= 0.3 is 0 Å². The summed E-state index contributed by atoms with van der Waals surface area (Å²) in [7, 11) is -3.20. The molecule has 0 unspecified atom stereocenters. The average molecular weight is 394 g/mol. The van der Waals surface area contributed by atoms with Gasteiger partial charge in [-0.15, -0.1) is 0 Å². The molecule has 2 N–H and O–H groups in total. The number of fused-ring (bicyclic) bond motifs is 1. The molecule has 0 bridgehead atoms. The molecule has 0 amide bonds. The van der Waals surface area contributed by atoms with E-state index in [1.54, 1.807) is 0 Å². The summed E-state index contributed by atoms with van der Waals surface area (Å²) in [6.07, 6.45) is 4.77. The summed E-state index contributed by atoms with van der Waals surface area (Å²) < 4.78 is 37.4. The number of sulfonamides is 1. The molecule has 1 aromatic carbocycles. The summed E-state index contributed by atoms with van der Waals surface area (Å²) in [6, 6.07) is 8.46. The second-order valence-corrected chi connectivity index (χ2v) is 9.53. The number of nitrogens with one attached hydrogen (secondary N) is 2. The topological polar surface area (TPSA) is 83.7 Å². The van der Waals surface area contributed by atoms with Gasteiger partial charge in [-0.3, -0.25) is 4.90 Å². The molecule has 7 nitrogen and oxygen atoms in total. The van der Waals surface area contributed by atoms with Crippen LogP contribution in [-0.2, 0) is 26.0 Å². The highest BCUT2D eigenvalue weighted by Gasteiger charge is 2.43. The van der Waals surface area contributed by atoms with Gasteiger partial charge < -0.3 is 14.5 Å². The minimum Gasteiger partial charge on any atom is -0.377 e. The summed E-state index contributed by atoms with van der Waals surface area (Å²) in [5, 5.41) is 1.25. The molecule has 4 rings (SSSR count). The van der Waals surface area contributed by atoms with E-state index in [1.807, 2.05) is 6.20 Å². The van der Waals surface area contributed by atoms with Gasteiger partial charge in [0, 0.05) is 43.3 Å². The van der Waals surface area contributed by atoms with Gasteiger partial charge in [0.2, 0.25) is 10.0 Å². The molecule has 1 aromatic heterocycles. The van der Waals surface area contributed by atoms with Gasteiger partial charge in [0.1, 0.15) is 5.60 Å². The van der Waals surface area contributed by atoms with E-state index >= 15 is 0 Å². The Balaban J connectivity index is 1.44. The second kappa shape index (κ2) is 7.52. The molecule has 2 aromatic rings. The van der Waals surface area contributed by atoms with Gasteiger partial charge in [-0.05, 0) is 30.5 Å². The maximum atomic E-state index is 11.3. The third-order valence-corrected chi connectivity index (χ3v) is 6.11. The Labute approximate surface area is 160 Å². The van der Waals surface area contributed by atoms with Crippen LogP contribution < -0.4 is 4.72 Å². The molecule has 0 radical (unpaired) electrons. The van der Waals surface area contributed by atoms with Crippen LogP contribution in [0.5, 0.6) is 0 Å². The molecule has 8 heteroatoms. The molecule has 2 saturated heterocycles. The van der Waals surface area contributed by atoms with E-state index in [0.29, 0.717) is 19.8 Å². The van der Waals surface area contributed by atoms with E-state index in [1.165, 1.54) is 17.2 Å². The molecule has 0 aliphatic carbocycles. The first kappa shape index (κ1) is 18.9.